The molecule has 5 rings (SSSR count). The van der Waals surface area contributed by atoms with Crippen molar-refractivity contribution in [3.05, 3.63) is 143 Å². The van der Waals surface area contributed by atoms with E-state index in [-0.39, 0.29) is 46.3 Å². The molecule has 71 heavy (non-hydrogen) atoms. The Kier molecular flexibility index (Phi) is 19.4. The summed E-state index contributed by atoms with van der Waals surface area (Å²) in [5, 5.41) is 54.1. The molecule has 1 heterocycles. The van der Waals surface area contributed by atoms with Crippen molar-refractivity contribution in [3.8, 4) is 33.8 Å². The van der Waals surface area contributed by atoms with Crippen LogP contribution in [0.4, 0.5) is 0 Å². The number of aliphatic hydroxyl groups is 1. The number of rotatable bonds is 20. The fourth-order valence-electron chi connectivity index (χ4n) is 8.57. The van der Waals surface area contributed by atoms with Gasteiger partial charge in [0.2, 0.25) is 17.7 Å². The number of unbranched alkanes of at least 4 members (excludes halogenated alkanes) is 2. The highest BCUT2D eigenvalue weighted by molar-refractivity contribution is 5.95. The van der Waals surface area contributed by atoms with Crippen molar-refractivity contribution in [2.24, 2.45) is 5.73 Å². The van der Waals surface area contributed by atoms with Crippen LogP contribution in [0.15, 0.2) is 121 Å². The lowest BCUT2D eigenvalue weighted by molar-refractivity contribution is -0.142. The number of nitrogens with two attached hydrogens (primary N) is 1. The minimum absolute atomic E-state index is 0.141. The Bertz CT molecular complexity index is 2660. The Morgan fingerprint density at radius 1 is 0.845 bits per heavy atom. The Hall–Kier alpha value is -7.61. The lowest BCUT2D eigenvalue weighted by atomic mass is 9.93. The maximum atomic E-state index is 14.5. The predicted octanol–water partition coefficient (Wildman–Crippen LogP) is 5.44. The third-order valence-corrected chi connectivity index (χ3v) is 12.8. The van der Waals surface area contributed by atoms with E-state index in [1.54, 1.807) is 33.2 Å². The Labute approximate surface area is 415 Å². The highest BCUT2D eigenvalue weighted by Gasteiger charge is 2.35. The number of phenols is 2. The molecule has 0 spiro atoms. The van der Waals surface area contributed by atoms with Crippen LogP contribution in [0, 0.1) is 0 Å². The number of aliphatic hydroxyl groups excluding tert-OH is 1. The second-order valence-electron chi connectivity index (χ2n) is 17.8. The van der Waals surface area contributed by atoms with E-state index < -0.39 is 66.5 Å². The van der Waals surface area contributed by atoms with Crippen molar-refractivity contribution in [3.63, 3.8) is 0 Å². The second-order valence-corrected chi connectivity index (χ2v) is 17.8. The number of hydrogen-bond donors (Lipinski definition) is 9. The average molecular weight is 970 g/mol. The minimum atomic E-state index is -1.39. The number of aliphatic carboxylic acids is 1. The van der Waals surface area contributed by atoms with Gasteiger partial charge in [0, 0.05) is 37.2 Å². The second kappa shape index (κ2) is 25.3. The number of nitrogens with one attached hydrogen (secondary N) is 4. The van der Waals surface area contributed by atoms with Crippen LogP contribution in [-0.2, 0) is 32.0 Å². The van der Waals surface area contributed by atoms with Crippen LogP contribution in [0.25, 0.3) is 22.3 Å². The summed E-state index contributed by atoms with van der Waals surface area (Å²) < 4.78 is 0. The number of carbonyl (C=O) groups is 5. The summed E-state index contributed by atoms with van der Waals surface area (Å²) in [4.78, 5) is 71.2. The first-order valence-electron chi connectivity index (χ1n) is 23.8. The van der Waals surface area contributed by atoms with E-state index in [0.717, 1.165) is 30.4 Å². The maximum absolute atomic E-state index is 14.5. The number of aryl methyl sites for hydroxylation is 1. The van der Waals surface area contributed by atoms with Gasteiger partial charge in [0.25, 0.3) is 5.91 Å². The number of hydrogen-bond acceptors (Lipinski definition) is 11. The van der Waals surface area contributed by atoms with Crippen LogP contribution in [0.5, 0.6) is 11.5 Å². The van der Waals surface area contributed by atoms with Gasteiger partial charge < -0.3 is 57.2 Å². The molecule has 0 aliphatic carbocycles. The Balaban J connectivity index is 1.39. The minimum Gasteiger partial charge on any atom is -0.507 e. The lowest BCUT2D eigenvalue weighted by Crippen LogP contribution is -2.54. The summed E-state index contributed by atoms with van der Waals surface area (Å²) >= 11 is 0. The Morgan fingerprint density at radius 3 is 2.07 bits per heavy atom. The molecule has 376 valence electrons. The normalized spacial score (nSPS) is 16.8. The van der Waals surface area contributed by atoms with E-state index in [9.17, 15) is 44.4 Å². The summed E-state index contributed by atoms with van der Waals surface area (Å²) in [6, 6.07) is 17.6. The first kappa shape index (κ1) is 54.3. The zero-order valence-corrected chi connectivity index (χ0v) is 41.1. The van der Waals surface area contributed by atoms with E-state index >= 15 is 0 Å². The zero-order valence-electron chi connectivity index (χ0n) is 41.1. The molecule has 0 radical (unpaired) electrons. The highest BCUT2D eigenvalue weighted by atomic mass is 16.4. The first-order valence-corrected chi connectivity index (χ1v) is 23.8. The number of aromatic hydroxyl groups is 2. The van der Waals surface area contributed by atoms with Crippen molar-refractivity contribution in [1.82, 2.24) is 31.1 Å². The third-order valence-electron chi connectivity index (χ3n) is 12.8. The molecule has 6 atom stereocenters. The van der Waals surface area contributed by atoms with Crippen molar-refractivity contribution in [1.29, 1.82) is 0 Å². The molecule has 0 fully saturated rings. The van der Waals surface area contributed by atoms with Gasteiger partial charge in [0.05, 0.1) is 24.0 Å². The number of nitrogens with zero attached hydrogens (tertiary/aromatic N) is 2. The predicted molar refractivity (Wildman–Crippen MR) is 273 cm³/mol. The van der Waals surface area contributed by atoms with Crippen LogP contribution in [0.3, 0.4) is 0 Å². The fourth-order valence-corrected chi connectivity index (χ4v) is 8.57. The molecule has 4 aromatic rings. The van der Waals surface area contributed by atoms with E-state index in [0.29, 0.717) is 42.5 Å². The number of amides is 4. The molecule has 0 unspecified atom stereocenters. The summed E-state index contributed by atoms with van der Waals surface area (Å²) in [5.74, 6) is -4.16. The largest absolute Gasteiger partial charge is 0.507 e. The molecule has 1 aliphatic heterocycles. The summed E-state index contributed by atoms with van der Waals surface area (Å²) in [6.07, 6.45) is 4.53. The van der Waals surface area contributed by atoms with E-state index in [1.165, 1.54) is 58.7 Å². The van der Waals surface area contributed by atoms with Gasteiger partial charge in [0.15, 0.2) is 0 Å². The molecule has 4 aromatic carbocycles. The molecule has 4 bridgehead atoms. The topological polar surface area (TPSA) is 247 Å². The number of carboxylic acid groups (broad SMARTS) is 1. The van der Waals surface area contributed by atoms with Gasteiger partial charge in [-0.25, -0.2) is 4.79 Å². The van der Waals surface area contributed by atoms with Crippen molar-refractivity contribution in [2.45, 2.75) is 102 Å². The van der Waals surface area contributed by atoms with Gasteiger partial charge in [-0.3, -0.25) is 19.2 Å². The van der Waals surface area contributed by atoms with Crippen LogP contribution in [-0.4, -0.2) is 117 Å². The molecular formula is C55H67N7O9. The van der Waals surface area contributed by atoms with Gasteiger partial charge in [-0.15, -0.1) is 11.5 Å². The number of fused-ring (bicyclic) bond motifs is 5. The molecule has 4 amide bonds. The van der Waals surface area contributed by atoms with Crippen molar-refractivity contribution < 1.29 is 44.4 Å². The molecule has 10 N–H and O–H groups in total. The quantitative estimate of drug-likeness (QED) is 0.0397. The number of phenolic OH excluding ortho intramolecular Hbond substituents is 2. The number of benzene rings is 4. The molecule has 16 heteroatoms. The van der Waals surface area contributed by atoms with Crippen LogP contribution in [0.2, 0.25) is 0 Å². The molecular weight excluding hydrogens is 903 g/mol. The van der Waals surface area contributed by atoms with E-state index in [4.69, 9.17) is 5.73 Å². The van der Waals surface area contributed by atoms with E-state index in [1.807, 2.05) is 12.1 Å². The van der Waals surface area contributed by atoms with Gasteiger partial charge in [-0.05, 0) is 117 Å². The van der Waals surface area contributed by atoms with Gasteiger partial charge in [-0.2, -0.15) is 0 Å². The number of carbonyl (C=O) groups excluding carboxylic acids is 4. The van der Waals surface area contributed by atoms with Gasteiger partial charge in [0.1, 0.15) is 41.7 Å². The van der Waals surface area contributed by atoms with E-state index in [2.05, 4.69) is 77.1 Å². The highest BCUT2D eigenvalue weighted by Crippen LogP contribution is 2.39. The van der Waals surface area contributed by atoms with Crippen LogP contribution in [0.1, 0.15) is 86.0 Å². The monoisotopic (exact) mass is 970 g/mol. The average Bonchev–Trinajstić information content (AvgIpc) is 3.36. The molecule has 0 saturated heterocycles. The molecule has 16 nitrogen and oxygen atoms in total. The van der Waals surface area contributed by atoms with Gasteiger partial charge in [-0.1, -0.05) is 75.0 Å². The molecule has 0 aromatic heterocycles. The smallest absolute Gasteiger partial charge is 0.326 e. The molecule has 0 saturated carbocycles. The Morgan fingerprint density at radius 2 is 1.48 bits per heavy atom. The standard InChI is InChI=1S/C55H67N7O9/c1-8-11-14-35-16-19-37(20-17-35)38-21-23-39(24-22-38)54(69)62(7)47(32-63)43(9-2)57-33(4)51(66)59-44(15-12-13-28-56)46(10-3)61(6)50-40-25-27-49(65)42(31-40)41-29-36(18-26-48(41)64)30-45(55(70)71)60-52(67)34(5)58-53(50)68/h16-27,29,31,33-34,44-45,47,50,57,63-65H,2-3,8,11-15,28,30,32,56H2,1,4-7H3,(H,58,68)(H,59,66)(H,60,67)(H,70,71)/t33-,34+,44+,45+,47-,50+/m1/s1. The third kappa shape index (κ3) is 13.6. The summed E-state index contributed by atoms with van der Waals surface area (Å²) in [7, 11) is 3.12. The fraction of sp³-hybridized carbons (Fsp3) is 0.364. The van der Waals surface area contributed by atoms with Crippen molar-refractivity contribution in [2.75, 3.05) is 27.2 Å². The summed E-state index contributed by atoms with van der Waals surface area (Å²) in [5.41, 5.74) is 16.7. The number of likely N-dealkylation sites (N-methyl/N-ethyl adjacent to an activating group) is 2. The maximum Gasteiger partial charge on any atom is 0.326 e. The zero-order chi connectivity index (χ0) is 51.9. The SMILES string of the molecule is C=C=C(N[C@H](C)C(=O)N[C@@H](CCCCN)C(=C=C)N(C)[C@@H]1C(=O)N[C@@H](C)C(=O)N[C@H](C(=O)O)Cc2ccc(O)c(c2)-c2cc1ccc2O)[C@@H](CO)N(C)C(=O)c1ccc(-c2ccc(CCCC)cc2)cc1. The lowest BCUT2D eigenvalue weighted by Gasteiger charge is -2.36. The van der Waals surface area contributed by atoms with Crippen molar-refractivity contribution >= 4 is 29.6 Å². The van der Waals surface area contributed by atoms with Crippen LogP contribution >= 0.6 is 0 Å². The first-order chi connectivity index (χ1) is 34.0. The van der Waals surface area contributed by atoms with Gasteiger partial charge >= 0.3 is 5.97 Å². The number of carboxylic acids is 1. The summed E-state index contributed by atoms with van der Waals surface area (Å²) in [6.45, 7) is 12.7. The van der Waals surface area contributed by atoms with Crippen LogP contribution < -0.4 is 27.0 Å². The molecule has 1 aliphatic rings.